The molecule has 1 aromatic heterocycles. The van der Waals surface area contributed by atoms with Crippen molar-refractivity contribution in [2.75, 3.05) is 11.1 Å². The maximum Gasteiger partial charge on any atom is 0.234 e. The number of nitrogens with zero attached hydrogens (tertiary/aromatic N) is 2. The molecule has 2 aromatic carbocycles. The molecule has 0 unspecified atom stereocenters. The quantitative estimate of drug-likeness (QED) is 0.550. The second kappa shape index (κ2) is 7.15. The predicted octanol–water partition coefficient (Wildman–Crippen LogP) is 4.46. The fourth-order valence-electron chi connectivity index (χ4n) is 2.17. The molecule has 0 bridgehead atoms. The van der Waals surface area contributed by atoms with Gasteiger partial charge in [0.15, 0.2) is 0 Å². The predicted molar refractivity (Wildman–Crippen MR) is 95.0 cm³/mol. The van der Waals surface area contributed by atoms with E-state index in [0.29, 0.717) is 11.5 Å². The van der Waals surface area contributed by atoms with Gasteiger partial charge in [-0.2, -0.15) is 0 Å². The number of thioether (sulfide) groups is 1. The zero-order chi connectivity index (χ0) is 17.1. The van der Waals surface area contributed by atoms with Crippen molar-refractivity contribution in [3.05, 3.63) is 59.1 Å². The van der Waals surface area contributed by atoms with Crippen molar-refractivity contribution in [1.29, 1.82) is 0 Å². The van der Waals surface area contributed by atoms with Crippen molar-refractivity contribution in [1.82, 2.24) is 9.97 Å². The Bertz CT molecular complexity index is 919. The molecule has 0 saturated carbocycles. The SMILES string of the molecule is Cc1nc(SCC(=O)Nc2ccc(F)c(Cl)c2)c2ccccc2n1. The van der Waals surface area contributed by atoms with Crippen molar-refractivity contribution in [3.63, 3.8) is 0 Å². The highest BCUT2D eigenvalue weighted by atomic mass is 35.5. The maximum atomic E-state index is 13.1. The number of aromatic nitrogens is 2. The highest BCUT2D eigenvalue weighted by Gasteiger charge is 2.10. The summed E-state index contributed by atoms with van der Waals surface area (Å²) in [5, 5.41) is 4.32. The summed E-state index contributed by atoms with van der Waals surface area (Å²) < 4.78 is 13.1. The first-order chi connectivity index (χ1) is 11.5. The zero-order valence-electron chi connectivity index (χ0n) is 12.7. The molecule has 0 aliphatic heterocycles. The number of hydrogen-bond acceptors (Lipinski definition) is 4. The first-order valence-corrected chi connectivity index (χ1v) is 8.50. The highest BCUT2D eigenvalue weighted by Crippen LogP contribution is 2.25. The molecule has 1 amide bonds. The first kappa shape index (κ1) is 16.7. The third-order valence-corrected chi connectivity index (χ3v) is 4.50. The molecule has 0 spiro atoms. The third-order valence-electron chi connectivity index (χ3n) is 3.22. The number of anilines is 1. The highest BCUT2D eigenvalue weighted by molar-refractivity contribution is 8.00. The van der Waals surface area contributed by atoms with Crippen LogP contribution in [0.15, 0.2) is 47.5 Å². The van der Waals surface area contributed by atoms with E-state index in [2.05, 4.69) is 15.3 Å². The fraction of sp³-hybridized carbons (Fsp3) is 0.118. The molecule has 122 valence electrons. The lowest BCUT2D eigenvalue weighted by Crippen LogP contribution is -2.14. The van der Waals surface area contributed by atoms with Crippen LogP contribution in [0.25, 0.3) is 10.9 Å². The second-order valence-electron chi connectivity index (χ2n) is 5.06. The van der Waals surface area contributed by atoms with Gasteiger partial charge in [0, 0.05) is 11.1 Å². The van der Waals surface area contributed by atoms with Crippen LogP contribution in [0.2, 0.25) is 5.02 Å². The Balaban J connectivity index is 1.71. The molecule has 0 radical (unpaired) electrons. The van der Waals surface area contributed by atoms with E-state index in [4.69, 9.17) is 11.6 Å². The standard InChI is InChI=1S/C17H13ClFN3OS/c1-10-20-15-5-3-2-4-12(15)17(21-10)24-9-16(23)22-11-6-7-14(19)13(18)8-11/h2-8H,9H2,1H3,(H,22,23). The van der Waals surface area contributed by atoms with Crippen molar-refractivity contribution in [3.8, 4) is 0 Å². The van der Waals surface area contributed by atoms with E-state index >= 15 is 0 Å². The Kier molecular flexibility index (Phi) is 4.97. The summed E-state index contributed by atoms with van der Waals surface area (Å²) in [4.78, 5) is 20.9. The van der Waals surface area contributed by atoms with Crippen molar-refractivity contribution < 1.29 is 9.18 Å². The summed E-state index contributed by atoms with van der Waals surface area (Å²) in [6, 6.07) is 11.7. The van der Waals surface area contributed by atoms with Crippen LogP contribution in [0.5, 0.6) is 0 Å². The summed E-state index contributed by atoms with van der Waals surface area (Å²) in [5.74, 6) is 0.0898. The molecule has 1 heterocycles. The topological polar surface area (TPSA) is 54.9 Å². The summed E-state index contributed by atoms with van der Waals surface area (Å²) in [7, 11) is 0. The molecule has 0 saturated heterocycles. The maximum absolute atomic E-state index is 13.1. The first-order valence-electron chi connectivity index (χ1n) is 7.14. The van der Waals surface area contributed by atoms with Crippen LogP contribution >= 0.6 is 23.4 Å². The number of rotatable bonds is 4. The van der Waals surface area contributed by atoms with E-state index < -0.39 is 5.82 Å². The van der Waals surface area contributed by atoms with E-state index in [1.807, 2.05) is 31.2 Å². The molecule has 0 atom stereocenters. The van der Waals surface area contributed by atoms with Crippen LogP contribution in [0.4, 0.5) is 10.1 Å². The Morgan fingerprint density at radius 2 is 2.04 bits per heavy atom. The Morgan fingerprint density at radius 1 is 1.25 bits per heavy atom. The average molecular weight is 362 g/mol. The average Bonchev–Trinajstić information content (AvgIpc) is 2.56. The summed E-state index contributed by atoms with van der Waals surface area (Å²) in [6.45, 7) is 1.82. The van der Waals surface area contributed by atoms with Crippen LogP contribution < -0.4 is 5.32 Å². The number of carbonyl (C=O) groups excluding carboxylic acids is 1. The molecular formula is C17H13ClFN3OS. The van der Waals surface area contributed by atoms with Gasteiger partial charge in [0.05, 0.1) is 16.3 Å². The molecular weight excluding hydrogens is 349 g/mol. The Labute approximate surface area is 147 Å². The van der Waals surface area contributed by atoms with E-state index in [0.717, 1.165) is 15.9 Å². The molecule has 0 aliphatic rings. The summed E-state index contributed by atoms with van der Waals surface area (Å²) in [6.07, 6.45) is 0. The van der Waals surface area contributed by atoms with Crippen molar-refractivity contribution >= 4 is 45.9 Å². The van der Waals surface area contributed by atoms with Gasteiger partial charge in [-0.15, -0.1) is 0 Å². The minimum Gasteiger partial charge on any atom is -0.325 e. The van der Waals surface area contributed by atoms with Crippen molar-refractivity contribution in [2.24, 2.45) is 0 Å². The zero-order valence-corrected chi connectivity index (χ0v) is 14.3. The lowest BCUT2D eigenvalue weighted by atomic mass is 10.2. The van der Waals surface area contributed by atoms with E-state index in [9.17, 15) is 9.18 Å². The van der Waals surface area contributed by atoms with E-state index in [1.54, 1.807) is 0 Å². The number of para-hydroxylation sites is 1. The van der Waals surface area contributed by atoms with Crippen LogP contribution in [0, 0.1) is 12.7 Å². The summed E-state index contributed by atoms with van der Waals surface area (Å²) >= 11 is 7.03. The number of benzene rings is 2. The number of halogens is 2. The number of hydrogen-bond donors (Lipinski definition) is 1. The van der Waals surface area contributed by atoms with Gasteiger partial charge >= 0.3 is 0 Å². The second-order valence-corrected chi connectivity index (χ2v) is 6.43. The normalized spacial score (nSPS) is 10.8. The lowest BCUT2D eigenvalue weighted by Gasteiger charge is -2.08. The Hall–Kier alpha value is -2.18. The molecule has 3 aromatic rings. The fourth-order valence-corrected chi connectivity index (χ4v) is 3.22. The molecule has 24 heavy (non-hydrogen) atoms. The number of amides is 1. The van der Waals surface area contributed by atoms with Gasteiger partial charge in [0.1, 0.15) is 16.7 Å². The Morgan fingerprint density at radius 3 is 2.83 bits per heavy atom. The molecule has 1 N–H and O–H groups in total. The molecule has 4 nitrogen and oxygen atoms in total. The number of carbonyl (C=O) groups is 1. The van der Waals surface area contributed by atoms with Crippen LogP contribution in [0.1, 0.15) is 5.82 Å². The van der Waals surface area contributed by atoms with Crippen LogP contribution in [-0.2, 0) is 4.79 Å². The third kappa shape index (κ3) is 3.83. The van der Waals surface area contributed by atoms with Gasteiger partial charge in [-0.1, -0.05) is 41.6 Å². The monoisotopic (exact) mass is 361 g/mol. The van der Waals surface area contributed by atoms with Gasteiger partial charge in [0.25, 0.3) is 0 Å². The van der Waals surface area contributed by atoms with Crippen molar-refractivity contribution in [2.45, 2.75) is 11.9 Å². The van der Waals surface area contributed by atoms with Gasteiger partial charge in [-0.3, -0.25) is 4.79 Å². The lowest BCUT2D eigenvalue weighted by molar-refractivity contribution is -0.113. The van der Waals surface area contributed by atoms with Gasteiger partial charge < -0.3 is 5.32 Å². The molecule has 0 fully saturated rings. The van der Waals surface area contributed by atoms with Gasteiger partial charge in [-0.05, 0) is 31.2 Å². The molecule has 0 aliphatic carbocycles. The minimum absolute atomic E-state index is 0.0297. The van der Waals surface area contributed by atoms with Crippen LogP contribution in [0.3, 0.4) is 0 Å². The van der Waals surface area contributed by atoms with Crippen LogP contribution in [-0.4, -0.2) is 21.6 Å². The number of nitrogens with one attached hydrogen (secondary N) is 1. The number of fused-ring (bicyclic) bond motifs is 1. The number of aryl methyl sites for hydroxylation is 1. The smallest absolute Gasteiger partial charge is 0.234 e. The molecule has 7 heteroatoms. The van der Waals surface area contributed by atoms with E-state index in [-0.39, 0.29) is 16.7 Å². The summed E-state index contributed by atoms with van der Waals surface area (Å²) in [5.41, 5.74) is 1.30. The van der Waals surface area contributed by atoms with Gasteiger partial charge in [0.2, 0.25) is 5.91 Å². The minimum atomic E-state index is -0.521. The molecule has 3 rings (SSSR count). The van der Waals surface area contributed by atoms with E-state index in [1.165, 1.54) is 30.0 Å². The largest absolute Gasteiger partial charge is 0.325 e. The van der Waals surface area contributed by atoms with Gasteiger partial charge in [-0.25, -0.2) is 14.4 Å².